The standard InChI is InChI=1S/C20H29NO3/c22-18-8-4-7-17-10-9-15(11-12-21-20(17)18)13-19(23)24-14-16-5-2-1-3-6-16/h1-3,5-6,15,17-18,20-22H,4,7-14H2/t15?,17-,18-,20+/m0/s1. The largest absolute Gasteiger partial charge is 0.461 e. The molecule has 1 unspecified atom stereocenters. The summed E-state index contributed by atoms with van der Waals surface area (Å²) in [5.74, 6) is 0.849. The molecule has 1 aromatic rings. The number of fused-ring (bicyclic) bond motifs is 1. The molecular formula is C20H29NO3. The summed E-state index contributed by atoms with van der Waals surface area (Å²) >= 11 is 0. The highest BCUT2D eigenvalue weighted by atomic mass is 16.5. The van der Waals surface area contributed by atoms with Crippen LogP contribution in [0, 0.1) is 11.8 Å². The van der Waals surface area contributed by atoms with Crippen LogP contribution in [-0.4, -0.2) is 29.8 Å². The van der Waals surface area contributed by atoms with E-state index in [1.54, 1.807) is 0 Å². The second-order valence-corrected chi connectivity index (χ2v) is 7.32. The van der Waals surface area contributed by atoms with Gasteiger partial charge in [-0.25, -0.2) is 0 Å². The molecule has 2 fully saturated rings. The Hall–Kier alpha value is -1.39. The summed E-state index contributed by atoms with van der Waals surface area (Å²) in [6, 6.07) is 10.1. The second kappa shape index (κ2) is 8.63. The normalized spacial score (nSPS) is 30.7. The average Bonchev–Trinajstić information content (AvgIpc) is 2.58. The first-order valence-corrected chi connectivity index (χ1v) is 9.33. The summed E-state index contributed by atoms with van der Waals surface area (Å²) < 4.78 is 5.43. The van der Waals surface area contributed by atoms with E-state index in [0.717, 1.165) is 44.2 Å². The zero-order valence-electron chi connectivity index (χ0n) is 14.3. The van der Waals surface area contributed by atoms with Gasteiger partial charge in [-0.1, -0.05) is 36.8 Å². The maximum atomic E-state index is 12.1. The topological polar surface area (TPSA) is 58.6 Å². The maximum Gasteiger partial charge on any atom is 0.306 e. The van der Waals surface area contributed by atoms with Gasteiger partial charge in [0.05, 0.1) is 6.10 Å². The van der Waals surface area contributed by atoms with Crippen LogP contribution >= 0.6 is 0 Å². The molecule has 1 aliphatic heterocycles. The summed E-state index contributed by atoms with van der Waals surface area (Å²) in [6.45, 7) is 1.25. The van der Waals surface area contributed by atoms with E-state index in [9.17, 15) is 9.90 Å². The molecule has 2 N–H and O–H groups in total. The number of aliphatic hydroxyl groups is 1. The minimum atomic E-state index is -0.198. The van der Waals surface area contributed by atoms with Crippen LogP contribution in [0.3, 0.4) is 0 Å². The van der Waals surface area contributed by atoms with Crippen LogP contribution in [0.2, 0.25) is 0 Å². The predicted octanol–water partition coefficient (Wildman–Crippen LogP) is 3.04. The molecule has 0 aromatic heterocycles. The van der Waals surface area contributed by atoms with Crippen molar-refractivity contribution in [3.8, 4) is 0 Å². The molecule has 4 nitrogen and oxygen atoms in total. The van der Waals surface area contributed by atoms with E-state index >= 15 is 0 Å². The van der Waals surface area contributed by atoms with Crippen molar-refractivity contribution in [2.75, 3.05) is 6.54 Å². The predicted molar refractivity (Wildman–Crippen MR) is 93.3 cm³/mol. The molecule has 0 amide bonds. The van der Waals surface area contributed by atoms with Gasteiger partial charge >= 0.3 is 5.97 Å². The molecular weight excluding hydrogens is 302 g/mol. The number of benzene rings is 1. The number of esters is 1. The molecule has 4 atom stereocenters. The fraction of sp³-hybridized carbons (Fsp3) is 0.650. The summed E-state index contributed by atoms with van der Waals surface area (Å²) in [5, 5.41) is 13.7. The molecule has 3 rings (SSSR count). The van der Waals surface area contributed by atoms with Gasteiger partial charge in [-0.3, -0.25) is 4.79 Å². The van der Waals surface area contributed by atoms with Crippen LogP contribution in [0.1, 0.15) is 50.5 Å². The lowest BCUT2D eigenvalue weighted by Gasteiger charge is -2.39. The molecule has 1 aromatic carbocycles. The number of rotatable bonds is 4. The average molecular weight is 331 g/mol. The first-order valence-electron chi connectivity index (χ1n) is 9.33. The van der Waals surface area contributed by atoms with Crippen molar-refractivity contribution in [1.29, 1.82) is 0 Å². The minimum Gasteiger partial charge on any atom is -0.461 e. The highest BCUT2D eigenvalue weighted by Gasteiger charge is 2.33. The second-order valence-electron chi connectivity index (χ2n) is 7.32. The van der Waals surface area contributed by atoms with Crippen LogP contribution in [0.15, 0.2) is 30.3 Å². The van der Waals surface area contributed by atoms with E-state index in [4.69, 9.17) is 4.74 Å². The summed E-state index contributed by atoms with van der Waals surface area (Å²) in [7, 11) is 0. The first-order chi connectivity index (χ1) is 11.7. The number of ether oxygens (including phenoxy) is 1. The third-order valence-corrected chi connectivity index (χ3v) is 5.57. The van der Waals surface area contributed by atoms with Crippen LogP contribution in [0.4, 0.5) is 0 Å². The van der Waals surface area contributed by atoms with E-state index in [0.29, 0.717) is 24.9 Å². The van der Waals surface area contributed by atoms with Gasteiger partial charge in [-0.2, -0.15) is 0 Å². The van der Waals surface area contributed by atoms with E-state index in [-0.39, 0.29) is 18.1 Å². The van der Waals surface area contributed by atoms with Crippen LogP contribution in [0.5, 0.6) is 0 Å². The fourth-order valence-corrected chi connectivity index (χ4v) is 4.17. The van der Waals surface area contributed by atoms with E-state index in [2.05, 4.69) is 5.32 Å². The van der Waals surface area contributed by atoms with E-state index in [1.807, 2.05) is 30.3 Å². The highest BCUT2D eigenvalue weighted by molar-refractivity contribution is 5.69. The molecule has 2 aliphatic rings. The quantitative estimate of drug-likeness (QED) is 0.833. The van der Waals surface area contributed by atoms with Gasteiger partial charge in [-0.15, -0.1) is 0 Å². The molecule has 1 aliphatic carbocycles. The molecule has 1 saturated heterocycles. The molecule has 132 valence electrons. The Labute approximate surface area is 144 Å². The zero-order valence-corrected chi connectivity index (χ0v) is 14.3. The Kier molecular flexibility index (Phi) is 6.27. The Morgan fingerprint density at radius 1 is 1.12 bits per heavy atom. The van der Waals surface area contributed by atoms with Gasteiger partial charge in [0.1, 0.15) is 6.61 Å². The maximum absolute atomic E-state index is 12.1. The number of carbonyl (C=O) groups excluding carboxylic acids is 1. The third kappa shape index (κ3) is 4.81. The molecule has 24 heavy (non-hydrogen) atoms. The van der Waals surface area contributed by atoms with Crippen molar-refractivity contribution in [2.45, 2.75) is 63.7 Å². The SMILES string of the molecule is O=C(CC1CCN[C@@H]2[C@@H](CCC[C@@H]2O)CC1)OCc1ccccc1. The van der Waals surface area contributed by atoms with Crippen LogP contribution < -0.4 is 5.32 Å². The number of carbonyl (C=O) groups is 1. The van der Waals surface area contributed by atoms with Crippen molar-refractivity contribution in [3.63, 3.8) is 0 Å². The fourth-order valence-electron chi connectivity index (χ4n) is 4.17. The lowest BCUT2D eigenvalue weighted by atomic mass is 9.76. The molecule has 1 saturated carbocycles. The van der Waals surface area contributed by atoms with Gasteiger partial charge in [0, 0.05) is 12.5 Å². The lowest BCUT2D eigenvalue weighted by molar-refractivity contribution is -0.146. The van der Waals surface area contributed by atoms with Crippen LogP contribution in [-0.2, 0) is 16.1 Å². The summed E-state index contributed by atoms with van der Waals surface area (Å²) in [4.78, 5) is 12.1. The lowest BCUT2D eigenvalue weighted by Crippen LogP contribution is -2.49. The van der Waals surface area contributed by atoms with E-state index in [1.165, 1.54) is 6.42 Å². The van der Waals surface area contributed by atoms with Crippen molar-refractivity contribution < 1.29 is 14.6 Å². The summed E-state index contributed by atoms with van der Waals surface area (Å²) in [5.41, 5.74) is 1.03. The first kappa shape index (κ1) is 17.4. The Balaban J connectivity index is 1.44. The third-order valence-electron chi connectivity index (χ3n) is 5.57. The van der Waals surface area contributed by atoms with Crippen molar-refractivity contribution in [3.05, 3.63) is 35.9 Å². The van der Waals surface area contributed by atoms with Gasteiger partial charge in [-0.05, 0) is 56.0 Å². The molecule has 0 bridgehead atoms. The molecule has 0 radical (unpaired) electrons. The number of hydrogen-bond donors (Lipinski definition) is 2. The molecule has 4 heteroatoms. The molecule has 1 heterocycles. The number of aliphatic hydroxyl groups excluding tert-OH is 1. The number of nitrogens with one attached hydrogen (secondary N) is 1. The minimum absolute atomic E-state index is 0.0929. The van der Waals surface area contributed by atoms with Crippen molar-refractivity contribution in [1.82, 2.24) is 5.32 Å². The Bertz CT molecular complexity index is 519. The van der Waals surface area contributed by atoms with Crippen LogP contribution in [0.25, 0.3) is 0 Å². The zero-order chi connectivity index (χ0) is 16.8. The van der Waals surface area contributed by atoms with E-state index < -0.39 is 0 Å². The Morgan fingerprint density at radius 2 is 1.96 bits per heavy atom. The van der Waals surface area contributed by atoms with Crippen molar-refractivity contribution in [2.24, 2.45) is 11.8 Å². The van der Waals surface area contributed by atoms with Gasteiger partial charge in [0.2, 0.25) is 0 Å². The van der Waals surface area contributed by atoms with Gasteiger partial charge < -0.3 is 15.2 Å². The monoisotopic (exact) mass is 331 g/mol. The number of hydrogen-bond acceptors (Lipinski definition) is 4. The van der Waals surface area contributed by atoms with Crippen molar-refractivity contribution >= 4 is 5.97 Å². The van der Waals surface area contributed by atoms with Gasteiger partial charge in [0.15, 0.2) is 0 Å². The summed E-state index contributed by atoms with van der Waals surface area (Å²) in [6.07, 6.45) is 6.69. The Morgan fingerprint density at radius 3 is 2.79 bits per heavy atom. The smallest absolute Gasteiger partial charge is 0.306 e. The highest BCUT2D eigenvalue weighted by Crippen LogP contribution is 2.32. The van der Waals surface area contributed by atoms with Gasteiger partial charge in [0.25, 0.3) is 0 Å². The molecule has 0 spiro atoms.